The Kier molecular flexibility index (Phi) is 3.43. The highest BCUT2D eigenvalue weighted by molar-refractivity contribution is 5.94. The van der Waals surface area contributed by atoms with Crippen LogP contribution in [0.5, 0.6) is 0 Å². The average Bonchev–Trinajstić information content (AvgIpc) is 2.78. The van der Waals surface area contributed by atoms with Gasteiger partial charge in [-0.25, -0.2) is 8.78 Å². The van der Waals surface area contributed by atoms with Crippen LogP contribution in [0.4, 0.5) is 8.78 Å². The summed E-state index contributed by atoms with van der Waals surface area (Å²) in [5, 5.41) is 2.79. The lowest BCUT2D eigenvalue weighted by atomic mass is 10.1. The molecule has 0 fully saturated rings. The number of carbonyl (C=O) groups is 1. The Morgan fingerprint density at radius 2 is 1.90 bits per heavy atom. The molecule has 21 heavy (non-hydrogen) atoms. The third-order valence-electron chi connectivity index (χ3n) is 3.74. The van der Waals surface area contributed by atoms with Gasteiger partial charge in [0.15, 0.2) is 11.6 Å². The summed E-state index contributed by atoms with van der Waals surface area (Å²) in [5.41, 5.74) is 8.21. The molecule has 5 heteroatoms. The summed E-state index contributed by atoms with van der Waals surface area (Å²) >= 11 is 0. The molecule has 0 saturated heterocycles. The van der Waals surface area contributed by atoms with Crippen molar-refractivity contribution in [1.29, 1.82) is 0 Å². The zero-order valence-corrected chi connectivity index (χ0v) is 11.1. The van der Waals surface area contributed by atoms with Crippen molar-refractivity contribution in [1.82, 2.24) is 5.32 Å². The molecule has 2 atom stereocenters. The van der Waals surface area contributed by atoms with Crippen LogP contribution in [0.3, 0.4) is 0 Å². The molecule has 0 saturated carbocycles. The predicted molar refractivity (Wildman–Crippen MR) is 74.7 cm³/mol. The Labute approximate surface area is 120 Å². The predicted octanol–water partition coefficient (Wildman–Crippen LogP) is 2.32. The first-order valence-corrected chi connectivity index (χ1v) is 6.65. The van der Waals surface area contributed by atoms with Gasteiger partial charge in [-0.05, 0) is 35.7 Å². The number of hydrogen-bond acceptors (Lipinski definition) is 2. The van der Waals surface area contributed by atoms with Crippen LogP contribution < -0.4 is 11.1 Å². The molecule has 3 N–H and O–H groups in total. The summed E-state index contributed by atoms with van der Waals surface area (Å²) in [4.78, 5) is 12.2. The quantitative estimate of drug-likeness (QED) is 0.891. The Hall–Kier alpha value is -2.27. The van der Waals surface area contributed by atoms with E-state index in [1.165, 1.54) is 6.07 Å². The highest BCUT2D eigenvalue weighted by Crippen LogP contribution is 2.30. The third-order valence-corrected chi connectivity index (χ3v) is 3.74. The van der Waals surface area contributed by atoms with E-state index >= 15 is 0 Å². The normalized spacial score (nSPS) is 20.1. The van der Waals surface area contributed by atoms with Gasteiger partial charge in [0.1, 0.15) is 0 Å². The number of hydrogen-bond donors (Lipinski definition) is 2. The fourth-order valence-electron chi connectivity index (χ4n) is 2.67. The van der Waals surface area contributed by atoms with Crippen molar-refractivity contribution in [3.05, 3.63) is 70.8 Å². The van der Waals surface area contributed by atoms with Crippen molar-refractivity contribution in [3.63, 3.8) is 0 Å². The number of nitrogens with one attached hydrogen (secondary N) is 1. The van der Waals surface area contributed by atoms with Gasteiger partial charge < -0.3 is 11.1 Å². The van der Waals surface area contributed by atoms with E-state index in [9.17, 15) is 13.6 Å². The van der Waals surface area contributed by atoms with E-state index in [4.69, 9.17) is 5.73 Å². The minimum absolute atomic E-state index is 0.0745. The molecule has 2 aromatic rings. The van der Waals surface area contributed by atoms with E-state index in [0.717, 1.165) is 23.3 Å². The van der Waals surface area contributed by atoms with Gasteiger partial charge in [0.2, 0.25) is 0 Å². The van der Waals surface area contributed by atoms with Crippen molar-refractivity contribution < 1.29 is 13.6 Å². The molecule has 1 aliphatic carbocycles. The first-order chi connectivity index (χ1) is 10.1. The number of halogens is 2. The van der Waals surface area contributed by atoms with E-state index in [1.54, 1.807) is 0 Å². The van der Waals surface area contributed by atoms with Crippen LogP contribution in [-0.4, -0.2) is 11.9 Å². The number of rotatable bonds is 2. The average molecular weight is 288 g/mol. The molecule has 2 aromatic carbocycles. The lowest BCUT2D eigenvalue weighted by molar-refractivity contribution is 0.0932. The highest BCUT2D eigenvalue weighted by Gasteiger charge is 2.30. The second kappa shape index (κ2) is 5.26. The fraction of sp³-hybridized carbons (Fsp3) is 0.188. The van der Waals surface area contributed by atoms with E-state index < -0.39 is 17.5 Å². The number of amides is 1. The number of benzene rings is 2. The lowest BCUT2D eigenvalue weighted by Gasteiger charge is -2.18. The Morgan fingerprint density at radius 3 is 2.67 bits per heavy atom. The monoisotopic (exact) mass is 288 g/mol. The van der Waals surface area contributed by atoms with Crippen LogP contribution in [0.1, 0.15) is 27.5 Å². The third kappa shape index (κ3) is 2.52. The van der Waals surface area contributed by atoms with Gasteiger partial charge in [-0.3, -0.25) is 4.79 Å². The highest BCUT2D eigenvalue weighted by atomic mass is 19.2. The van der Waals surface area contributed by atoms with Gasteiger partial charge in [-0.15, -0.1) is 0 Å². The van der Waals surface area contributed by atoms with Crippen LogP contribution in [0.2, 0.25) is 0 Å². The summed E-state index contributed by atoms with van der Waals surface area (Å²) < 4.78 is 26.1. The SMILES string of the molecule is NC1Cc2ccccc2C1NC(=O)c1ccc(F)c(F)c1. The van der Waals surface area contributed by atoms with Gasteiger partial charge in [-0.1, -0.05) is 24.3 Å². The van der Waals surface area contributed by atoms with Gasteiger partial charge in [0.25, 0.3) is 5.91 Å². The summed E-state index contributed by atoms with van der Waals surface area (Å²) in [6, 6.07) is 10.2. The topological polar surface area (TPSA) is 55.1 Å². The summed E-state index contributed by atoms with van der Waals surface area (Å²) in [6.07, 6.45) is 0.679. The van der Waals surface area contributed by atoms with Crippen molar-refractivity contribution in [2.24, 2.45) is 5.73 Å². The minimum atomic E-state index is -1.04. The van der Waals surface area contributed by atoms with Crippen LogP contribution in [0.15, 0.2) is 42.5 Å². The molecule has 0 heterocycles. The molecule has 0 radical (unpaired) electrons. The first kappa shape index (κ1) is 13.7. The van der Waals surface area contributed by atoms with E-state index in [1.807, 2.05) is 24.3 Å². The molecule has 1 aliphatic rings. The molecular formula is C16H14F2N2O. The second-order valence-corrected chi connectivity index (χ2v) is 5.15. The Morgan fingerprint density at radius 1 is 1.14 bits per heavy atom. The molecule has 1 amide bonds. The number of fused-ring (bicyclic) bond motifs is 1. The van der Waals surface area contributed by atoms with E-state index in [0.29, 0.717) is 6.42 Å². The van der Waals surface area contributed by atoms with Crippen LogP contribution >= 0.6 is 0 Å². The molecule has 3 rings (SSSR count). The Bertz CT molecular complexity index is 702. The largest absolute Gasteiger partial charge is 0.344 e. The van der Waals surface area contributed by atoms with Crippen molar-refractivity contribution in [3.8, 4) is 0 Å². The minimum Gasteiger partial charge on any atom is -0.344 e. The molecule has 2 unspecified atom stereocenters. The standard InChI is InChI=1S/C16H14F2N2O/c17-12-6-5-10(7-13(12)18)16(21)20-15-11-4-2-1-3-9(11)8-14(15)19/h1-7,14-15H,8,19H2,(H,20,21). The Balaban J connectivity index is 1.83. The lowest BCUT2D eigenvalue weighted by Crippen LogP contribution is -2.38. The maximum Gasteiger partial charge on any atom is 0.251 e. The molecule has 3 nitrogen and oxygen atoms in total. The fourth-order valence-corrected chi connectivity index (χ4v) is 2.67. The number of carbonyl (C=O) groups excluding carboxylic acids is 1. The number of nitrogens with two attached hydrogens (primary N) is 1. The van der Waals surface area contributed by atoms with E-state index in [2.05, 4.69) is 5.32 Å². The smallest absolute Gasteiger partial charge is 0.251 e. The molecule has 0 bridgehead atoms. The molecule has 0 aliphatic heterocycles. The van der Waals surface area contributed by atoms with Crippen LogP contribution in [0, 0.1) is 11.6 Å². The van der Waals surface area contributed by atoms with Crippen LogP contribution in [0.25, 0.3) is 0 Å². The van der Waals surface area contributed by atoms with Crippen molar-refractivity contribution >= 4 is 5.91 Å². The van der Waals surface area contributed by atoms with Crippen LogP contribution in [-0.2, 0) is 6.42 Å². The van der Waals surface area contributed by atoms with Gasteiger partial charge in [0.05, 0.1) is 6.04 Å². The maximum absolute atomic E-state index is 13.2. The summed E-state index contributed by atoms with van der Waals surface area (Å²) in [6.45, 7) is 0. The summed E-state index contributed by atoms with van der Waals surface area (Å²) in [5.74, 6) is -2.49. The van der Waals surface area contributed by atoms with Gasteiger partial charge >= 0.3 is 0 Å². The van der Waals surface area contributed by atoms with E-state index in [-0.39, 0.29) is 17.6 Å². The summed E-state index contributed by atoms with van der Waals surface area (Å²) in [7, 11) is 0. The molecular weight excluding hydrogens is 274 g/mol. The zero-order valence-electron chi connectivity index (χ0n) is 11.1. The molecule has 0 aromatic heterocycles. The van der Waals surface area contributed by atoms with Crippen molar-refractivity contribution in [2.45, 2.75) is 18.5 Å². The molecule has 0 spiro atoms. The molecule has 108 valence electrons. The van der Waals surface area contributed by atoms with Gasteiger partial charge in [0, 0.05) is 11.6 Å². The maximum atomic E-state index is 13.2. The first-order valence-electron chi connectivity index (χ1n) is 6.65. The van der Waals surface area contributed by atoms with Crippen molar-refractivity contribution in [2.75, 3.05) is 0 Å². The zero-order chi connectivity index (χ0) is 15.0. The van der Waals surface area contributed by atoms with Gasteiger partial charge in [-0.2, -0.15) is 0 Å². The second-order valence-electron chi connectivity index (χ2n) is 5.15.